The normalized spacial score (nSPS) is 21.6. The highest BCUT2D eigenvalue weighted by Gasteiger charge is 2.36. The van der Waals surface area contributed by atoms with Crippen molar-refractivity contribution in [2.24, 2.45) is 13.0 Å². The van der Waals surface area contributed by atoms with Crippen LogP contribution in [0.4, 0.5) is 8.78 Å². The predicted octanol–water partition coefficient (Wildman–Crippen LogP) is 1.34. The van der Waals surface area contributed by atoms with Gasteiger partial charge in [0.25, 0.3) is 5.91 Å². The molecule has 2 aromatic heterocycles. The fourth-order valence-electron chi connectivity index (χ4n) is 2.77. The highest BCUT2D eigenvalue weighted by molar-refractivity contribution is 5.92. The van der Waals surface area contributed by atoms with Crippen LogP contribution in [0.3, 0.4) is 0 Å². The predicted molar refractivity (Wildman–Crippen MR) is 76.3 cm³/mol. The summed E-state index contributed by atoms with van der Waals surface area (Å²) >= 11 is 0. The van der Waals surface area contributed by atoms with Gasteiger partial charge in [0.2, 0.25) is 0 Å². The van der Waals surface area contributed by atoms with Crippen LogP contribution < -0.4 is 5.32 Å². The van der Waals surface area contributed by atoms with Crippen LogP contribution in [-0.4, -0.2) is 31.9 Å². The van der Waals surface area contributed by atoms with Gasteiger partial charge >= 0.3 is 0 Å². The number of aliphatic hydroxyl groups is 1. The Kier molecular flexibility index (Phi) is 4.08. The lowest BCUT2D eigenvalue weighted by Gasteiger charge is -2.37. The van der Waals surface area contributed by atoms with Crippen LogP contribution in [0.1, 0.15) is 34.9 Å². The lowest BCUT2D eigenvalue weighted by Crippen LogP contribution is -2.41. The fourth-order valence-corrected chi connectivity index (χ4v) is 2.77. The van der Waals surface area contributed by atoms with Gasteiger partial charge in [-0.15, -0.1) is 0 Å². The molecule has 1 amide bonds. The molecule has 2 heterocycles. The number of aromatic nitrogens is 3. The molecule has 0 unspecified atom stereocenters. The molecule has 1 aliphatic carbocycles. The lowest BCUT2D eigenvalue weighted by molar-refractivity contribution is 0.0234. The van der Waals surface area contributed by atoms with Gasteiger partial charge in [0.05, 0.1) is 24.5 Å². The number of carbonyl (C=O) groups is 1. The van der Waals surface area contributed by atoms with Gasteiger partial charge in [-0.2, -0.15) is 5.10 Å². The summed E-state index contributed by atoms with van der Waals surface area (Å²) in [5, 5.41) is 16.3. The fraction of sp³-hybridized carbons (Fsp3) is 0.400. The molecule has 0 spiro atoms. The van der Waals surface area contributed by atoms with Gasteiger partial charge in [0.1, 0.15) is 5.82 Å². The Morgan fingerprint density at radius 1 is 1.43 bits per heavy atom. The Hall–Kier alpha value is -2.35. The van der Waals surface area contributed by atoms with E-state index in [9.17, 15) is 18.7 Å². The number of aliphatic hydroxyl groups excluding tert-OH is 1. The first-order valence-electron chi connectivity index (χ1n) is 7.22. The molecule has 1 atom stereocenters. The van der Waals surface area contributed by atoms with Crippen LogP contribution in [0.5, 0.6) is 0 Å². The van der Waals surface area contributed by atoms with Gasteiger partial charge < -0.3 is 10.4 Å². The molecule has 1 fully saturated rings. The zero-order valence-electron chi connectivity index (χ0n) is 12.4. The maximum Gasteiger partial charge on any atom is 0.273 e. The van der Waals surface area contributed by atoms with Crippen molar-refractivity contribution in [1.82, 2.24) is 20.1 Å². The highest BCUT2D eigenvalue weighted by Crippen LogP contribution is 2.38. The molecule has 0 radical (unpaired) electrons. The molecule has 0 bridgehead atoms. The summed E-state index contributed by atoms with van der Waals surface area (Å²) in [6.45, 7) is 0. The minimum absolute atomic E-state index is 0.0293. The van der Waals surface area contributed by atoms with Crippen molar-refractivity contribution < 1.29 is 18.7 Å². The number of carbonyl (C=O) groups excluding carboxylic acids is 1. The number of amides is 1. The van der Waals surface area contributed by atoms with E-state index in [0.29, 0.717) is 18.9 Å². The molecule has 2 aromatic rings. The molecule has 3 rings (SSSR count). The molecular weight excluding hydrogens is 306 g/mol. The zero-order chi connectivity index (χ0) is 16.6. The molecule has 23 heavy (non-hydrogen) atoms. The Morgan fingerprint density at radius 3 is 2.74 bits per heavy atom. The molecule has 0 aliphatic heterocycles. The van der Waals surface area contributed by atoms with Gasteiger partial charge in [-0.05, 0) is 18.8 Å². The molecule has 2 N–H and O–H groups in total. The summed E-state index contributed by atoms with van der Waals surface area (Å²) in [4.78, 5) is 15.8. The van der Waals surface area contributed by atoms with Gasteiger partial charge in [-0.1, -0.05) is 0 Å². The Morgan fingerprint density at radius 2 is 2.17 bits per heavy atom. The van der Waals surface area contributed by atoms with Crippen LogP contribution in [0, 0.1) is 17.6 Å². The van der Waals surface area contributed by atoms with Crippen molar-refractivity contribution in [1.29, 1.82) is 0 Å². The number of pyridine rings is 1. The standard InChI is InChI=1S/C15H16F2N4O2/c1-21-7-9(5-19-21)13(8-2-11(22)3-8)20-15(23)14-12(17)4-10(16)6-18-14/h4-8,11,13,22H,2-3H2,1H3,(H,20,23)/t8?,11?,13-/m0/s1. The van der Waals surface area contributed by atoms with Crippen LogP contribution in [0.2, 0.25) is 0 Å². The number of hydrogen-bond acceptors (Lipinski definition) is 4. The van der Waals surface area contributed by atoms with Crippen molar-refractivity contribution in [2.75, 3.05) is 0 Å². The molecule has 1 saturated carbocycles. The molecule has 1 aliphatic rings. The van der Waals surface area contributed by atoms with E-state index in [2.05, 4.69) is 15.4 Å². The number of halogens is 2. The third-order valence-corrected chi connectivity index (χ3v) is 4.01. The highest BCUT2D eigenvalue weighted by atomic mass is 19.1. The van der Waals surface area contributed by atoms with E-state index in [-0.39, 0.29) is 5.92 Å². The van der Waals surface area contributed by atoms with E-state index >= 15 is 0 Å². The first kappa shape index (κ1) is 15.5. The first-order chi connectivity index (χ1) is 10.9. The van der Waals surface area contributed by atoms with Gasteiger partial charge in [-0.3, -0.25) is 9.48 Å². The van der Waals surface area contributed by atoms with Crippen molar-refractivity contribution in [3.63, 3.8) is 0 Å². The summed E-state index contributed by atoms with van der Waals surface area (Å²) in [6.07, 6.45) is 4.85. The molecule has 0 aromatic carbocycles. The molecule has 8 heteroatoms. The number of nitrogens with one attached hydrogen (secondary N) is 1. The van der Waals surface area contributed by atoms with Crippen molar-refractivity contribution in [3.05, 3.63) is 47.5 Å². The lowest BCUT2D eigenvalue weighted by atomic mass is 9.75. The quantitative estimate of drug-likeness (QED) is 0.890. The van der Waals surface area contributed by atoms with Crippen molar-refractivity contribution >= 4 is 5.91 Å². The van der Waals surface area contributed by atoms with Crippen LogP contribution in [-0.2, 0) is 7.05 Å². The van der Waals surface area contributed by atoms with E-state index < -0.39 is 35.4 Å². The topological polar surface area (TPSA) is 80.0 Å². The third kappa shape index (κ3) is 3.21. The maximum absolute atomic E-state index is 13.7. The maximum atomic E-state index is 13.7. The number of rotatable bonds is 4. The second kappa shape index (κ2) is 6.04. The summed E-state index contributed by atoms with van der Waals surface area (Å²) < 4.78 is 28.2. The Bertz CT molecular complexity index is 728. The molecule has 122 valence electrons. The Labute approximate surface area is 131 Å². The van der Waals surface area contributed by atoms with E-state index in [4.69, 9.17) is 0 Å². The molecular formula is C15H16F2N4O2. The average molecular weight is 322 g/mol. The second-order valence-corrected chi connectivity index (χ2v) is 5.77. The second-order valence-electron chi connectivity index (χ2n) is 5.77. The smallest absolute Gasteiger partial charge is 0.273 e. The van der Waals surface area contributed by atoms with Gasteiger partial charge in [-0.25, -0.2) is 13.8 Å². The summed E-state index contributed by atoms with van der Waals surface area (Å²) in [5.41, 5.74) is 0.306. The molecule has 6 nitrogen and oxygen atoms in total. The summed E-state index contributed by atoms with van der Waals surface area (Å²) in [6, 6.07) is 0.208. The van der Waals surface area contributed by atoms with E-state index in [1.807, 2.05) is 0 Å². The van der Waals surface area contributed by atoms with Crippen LogP contribution >= 0.6 is 0 Å². The minimum Gasteiger partial charge on any atom is -0.393 e. The first-order valence-corrected chi connectivity index (χ1v) is 7.22. The van der Waals surface area contributed by atoms with Gasteiger partial charge in [0, 0.05) is 24.9 Å². The average Bonchev–Trinajstić information content (AvgIpc) is 2.88. The van der Waals surface area contributed by atoms with Gasteiger partial charge in [0.15, 0.2) is 11.5 Å². The third-order valence-electron chi connectivity index (χ3n) is 4.01. The van der Waals surface area contributed by atoms with E-state index in [1.165, 1.54) is 0 Å². The minimum atomic E-state index is -1.01. The zero-order valence-corrected chi connectivity index (χ0v) is 12.4. The van der Waals surface area contributed by atoms with Crippen LogP contribution in [0.15, 0.2) is 24.7 Å². The number of aryl methyl sites for hydroxylation is 1. The SMILES string of the molecule is Cn1cc([C@@H](NC(=O)c2ncc(F)cc2F)C2CC(O)C2)cn1. The van der Waals surface area contributed by atoms with E-state index in [0.717, 1.165) is 11.8 Å². The van der Waals surface area contributed by atoms with Crippen LogP contribution in [0.25, 0.3) is 0 Å². The summed E-state index contributed by atoms with van der Waals surface area (Å²) in [7, 11) is 1.75. The van der Waals surface area contributed by atoms with Crippen molar-refractivity contribution in [3.8, 4) is 0 Å². The number of hydrogen-bond donors (Lipinski definition) is 2. The van der Waals surface area contributed by atoms with Crippen molar-refractivity contribution in [2.45, 2.75) is 25.0 Å². The molecule has 0 saturated heterocycles. The largest absolute Gasteiger partial charge is 0.393 e. The monoisotopic (exact) mass is 322 g/mol. The van der Waals surface area contributed by atoms with E-state index in [1.54, 1.807) is 24.1 Å². The Balaban J connectivity index is 1.81. The number of nitrogens with zero attached hydrogens (tertiary/aromatic N) is 3. The summed E-state index contributed by atoms with van der Waals surface area (Å²) in [5.74, 6) is -2.55.